The zero-order valence-electron chi connectivity index (χ0n) is 27.3. The number of benzene rings is 2. The number of methoxy groups -OCH3 is 6. The number of aromatic nitrogens is 8. The summed E-state index contributed by atoms with van der Waals surface area (Å²) in [6.45, 7) is 0. The second-order valence-electron chi connectivity index (χ2n) is 10.1. The Morgan fingerprint density at radius 3 is 1.46 bits per heavy atom. The standard InChI is InChI=1S/C30H32N10O8/c1-37(15-9-20(46-6)24(48-8)21(10-15)47-7)25-22-27(35-29(41)33-25)39(13-31-22)40-14-32-23-26(34-30(42)36-28(23)40)38(2)16-11-18(44-4)19(45-5)12-17(16)43-3/h9-14H,1-8H3,(H,33,35,41)(H,34,36,42). The van der Waals surface area contributed by atoms with Crippen molar-refractivity contribution in [1.29, 1.82) is 0 Å². The van der Waals surface area contributed by atoms with Crippen LogP contribution in [0, 0.1) is 0 Å². The van der Waals surface area contributed by atoms with E-state index in [0.717, 1.165) is 0 Å². The van der Waals surface area contributed by atoms with Gasteiger partial charge in [-0.2, -0.15) is 19.9 Å². The molecular formula is C30H32N10O8. The average Bonchev–Trinajstić information content (AvgIpc) is 3.72. The summed E-state index contributed by atoms with van der Waals surface area (Å²) >= 11 is 0. The maximum absolute atomic E-state index is 10.7. The number of rotatable bonds is 11. The summed E-state index contributed by atoms with van der Waals surface area (Å²) in [4.78, 5) is 29.6. The van der Waals surface area contributed by atoms with Gasteiger partial charge in [-0.05, 0) is 0 Å². The molecule has 4 aromatic heterocycles. The van der Waals surface area contributed by atoms with Crippen molar-refractivity contribution in [2.24, 2.45) is 0 Å². The van der Waals surface area contributed by atoms with Crippen molar-refractivity contribution in [3.05, 3.63) is 36.9 Å². The van der Waals surface area contributed by atoms with Gasteiger partial charge < -0.3 is 48.4 Å². The molecule has 0 saturated heterocycles. The molecule has 0 spiro atoms. The van der Waals surface area contributed by atoms with E-state index in [0.29, 0.717) is 56.9 Å². The van der Waals surface area contributed by atoms with E-state index in [1.165, 1.54) is 64.7 Å². The van der Waals surface area contributed by atoms with Gasteiger partial charge in [-0.15, -0.1) is 0 Å². The molecule has 0 radical (unpaired) electrons. The van der Waals surface area contributed by atoms with Crippen LogP contribution in [0.25, 0.3) is 22.3 Å². The fourth-order valence-corrected chi connectivity index (χ4v) is 5.28. The highest BCUT2D eigenvalue weighted by atomic mass is 16.5. The first-order valence-corrected chi connectivity index (χ1v) is 14.1. The van der Waals surface area contributed by atoms with Crippen LogP contribution in [0.1, 0.15) is 0 Å². The molecule has 2 N–H and O–H groups in total. The van der Waals surface area contributed by atoms with E-state index in [2.05, 4.69) is 29.9 Å². The third-order valence-electron chi connectivity index (χ3n) is 7.65. The van der Waals surface area contributed by atoms with Crippen LogP contribution in [-0.2, 0) is 0 Å². The first-order valence-electron chi connectivity index (χ1n) is 14.1. The van der Waals surface area contributed by atoms with Gasteiger partial charge in [-0.1, -0.05) is 0 Å². The summed E-state index contributed by atoms with van der Waals surface area (Å²) < 4.78 is 36.0. The quantitative estimate of drug-likeness (QED) is 0.206. The average molecular weight is 661 g/mol. The lowest BCUT2D eigenvalue weighted by Gasteiger charge is -2.22. The maximum atomic E-state index is 10.7. The molecule has 6 aromatic rings. The van der Waals surface area contributed by atoms with Crippen LogP contribution in [0.15, 0.2) is 36.9 Å². The smallest absolute Gasteiger partial charge is 0.318 e. The molecule has 0 fully saturated rings. The fourth-order valence-electron chi connectivity index (χ4n) is 5.28. The van der Waals surface area contributed by atoms with Crippen molar-refractivity contribution in [1.82, 2.24) is 39.3 Å². The normalized spacial score (nSPS) is 11.1. The molecule has 0 atom stereocenters. The first kappa shape index (κ1) is 31.5. The molecule has 18 heteroatoms. The zero-order chi connectivity index (χ0) is 34.3. The molecule has 0 saturated carbocycles. The van der Waals surface area contributed by atoms with Gasteiger partial charge >= 0.3 is 12.0 Å². The van der Waals surface area contributed by atoms with Gasteiger partial charge in [0.15, 0.2) is 57.0 Å². The number of ether oxygens (including phenoxy) is 6. The van der Waals surface area contributed by atoms with Crippen LogP contribution >= 0.6 is 0 Å². The summed E-state index contributed by atoms with van der Waals surface area (Å²) in [5.41, 5.74) is 2.22. The van der Waals surface area contributed by atoms with Gasteiger partial charge in [0, 0.05) is 44.0 Å². The Kier molecular flexibility index (Phi) is 8.13. The molecule has 48 heavy (non-hydrogen) atoms. The number of hydrogen-bond acceptors (Lipinski definition) is 16. The van der Waals surface area contributed by atoms with Crippen molar-refractivity contribution in [3.8, 4) is 46.5 Å². The Hall–Kier alpha value is -6.46. The molecule has 0 amide bonds. The Morgan fingerprint density at radius 2 is 1.00 bits per heavy atom. The monoisotopic (exact) mass is 660 g/mol. The molecule has 0 bridgehead atoms. The number of imidazole rings is 2. The number of nitrogens with zero attached hydrogens (tertiary/aromatic N) is 10. The van der Waals surface area contributed by atoms with Gasteiger partial charge in [0.05, 0.1) is 48.3 Å². The van der Waals surface area contributed by atoms with E-state index in [1.54, 1.807) is 48.2 Å². The minimum atomic E-state index is -0.518. The van der Waals surface area contributed by atoms with E-state index in [9.17, 15) is 10.2 Å². The molecule has 4 heterocycles. The largest absolute Gasteiger partial charge is 0.494 e. The number of anilines is 4. The predicted octanol–water partition coefficient (Wildman–Crippen LogP) is 3.28. The molecular weight excluding hydrogens is 628 g/mol. The Morgan fingerprint density at radius 1 is 0.542 bits per heavy atom. The Balaban J connectivity index is 1.47. The lowest BCUT2D eigenvalue weighted by atomic mass is 10.2. The lowest BCUT2D eigenvalue weighted by Crippen LogP contribution is -2.15. The van der Waals surface area contributed by atoms with Crippen molar-refractivity contribution in [3.63, 3.8) is 0 Å². The van der Waals surface area contributed by atoms with Crippen molar-refractivity contribution in [2.45, 2.75) is 0 Å². The highest BCUT2D eigenvalue weighted by molar-refractivity contribution is 5.90. The molecule has 2 aromatic carbocycles. The molecule has 250 valence electrons. The highest BCUT2D eigenvalue weighted by Crippen LogP contribution is 2.44. The van der Waals surface area contributed by atoms with E-state index in [4.69, 9.17) is 28.4 Å². The van der Waals surface area contributed by atoms with E-state index in [-0.39, 0.29) is 22.9 Å². The Labute approximate surface area is 273 Å². The van der Waals surface area contributed by atoms with Crippen LogP contribution in [0.5, 0.6) is 46.5 Å². The van der Waals surface area contributed by atoms with Gasteiger partial charge in [-0.25, -0.2) is 19.3 Å². The van der Waals surface area contributed by atoms with Crippen LogP contribution < -0.4 is 38.2 Å². The summed E-state index contributed by atoms with van der Waals surface area (Å²) in [5, 5.41) is 21.4. The van der Waals surface area contributed by atoms with Crippen molar-refractivity contribution >= 4 is 45.3 Å². The second-order valence-corrected chi connectivity index (χ2v) is 10.1. The van der Waals surface area contributed by atoms with E-state index in [1.807, 2.05) is 0 Å². The maximum Gasteiger partial charge on any atom is 0.318 e. The van der Waals surface area contributed by atoms with Crippen molar-refractivity contribution < 1.29 is 38.6 Å². The van der Waals surface area contributed by atoms with Crippen molar-refractivity contribution in [2.75, 3.05) is 66.6 Å². The van der Waals surface area contributed by atoms with Crippen LogP contribution in [0.4, 0.5) is 23.0 Å². The molecule has 18 nitrogen and oxygen atoms in total. The number of aromatic hydroxyl groups is 2. The van der Waals surface area contributed by atoms with Gasteiger partial charge in [0.1, 0.15) is 18.4 Å². The summed E-state index contributed by atoms with van der Waals surface area (Å²) in [6, 6.07) is 5.83. The molecule has 0 aliphatic rings. The van der Waals surface area contributed by atoms with Gasteiger partial charge in [0.25, 0.3) is 0 Å². The SMILES string of the molecule is COc1cc(OC)c(N(C)c2nc(O)nc3c2ncn3-n2cnc3c(N(C)c4cc(OC)c(OC)c(OC)c4)nc(O)nc32)cc1OC. The minimum Gasteiger partial charge on any atom is -0.494 e. The number of hydrogen-bond donors (Lipinski definition) is 2. The highest BCUT2D eigenvalue weighted by Gasteiger charge is 2.25. The zero-order valence-corrected chi connectivity index (χ0v) is 27.3. The van der Waals surface area contributed by atoms with Gasteiger partial charge in [0.2, 0.25) is 5.75 Å². The third kappa shape index (κ3) is 5.08. The van der Waals surface area contributed by atoms with Crippen LogP contribution in [-0.4, -0.2) is 106 Å². The molecule has 0 unspecified atom stereocenters. The molecule has 6 rings (SSSR count). The predicted molar refractivity (Wildman–Crippen MR) is 173 cm³/mol. The summed E-state index contributed by atoms with van der Waals surface area (Å²) in [7, 11) is 12.6. The number of fused-ring (bicyclic) bond motifs is 2. The van der Waals surface area contributed by atoms with Crippen LogP contribution in [0.3, 0.4) is 0 Å². The topological polar surface area (TPSA) is 190 Å². The lowest BCUT2D eigenvalue weighted by molar-refractivity contribution is 0.324. The first-order chi connectivity index (χ1) is 23.2. The third-order valence-corrected chi connectivity index (χ3v) is 7.65. The summed E-state index contributed by atoms with van der Waals surface area (Å²) in [5.74, 6) is 3.18. The molecule has 0 aliphatic heterocycles. The summed E-state index contributed by atoms with van der Waals surface area (Å²) in [6.07, 6.45) is 2.93. The van der Waals surface area contributed by atoms with E-state index < -0.39 is 12.0 Å². The fraction of sp³-hybridized carbons (Fsp3) is 0.267. The van der Waals surface area contributed by atoms with E-state index >= 15 is 0 Å². The van der Waals surface area contributed by atoms with Gasteiger partial charge in [-0.3, -0.25) is 0 Å². The molecule has 0 aliphatic carbocycles. The second kappa shape index (κ2) is 12.4. The van der Waals surface area contributed by atoms with Crippen LogP contribution in [0.2, 0.25) is 0 Å². The minimum absolute atomic E-state index is 0.209. The Bertz CT molecular complexity index is 2130.